The van der Waals surface area contributed by atoms with E-state index in [-0.39, 0.29) is 0 Å². The summed E-state index contributed by atoms with van der Waals surface area (Å²) in [4.78, 5) is 0. The normalized spacial score (nSPS) is 12.4. The quantitative estimate of drug-likeness (QED) is 0.459. The van der Waals surface area contributed by atoms with E-state index < -0.39 is 0 Å². The van der Waals surface area contributed by atoms with Crippen LogP contribution < -0.4 is 10.9 Å². The van der Waals surface area contributed by atoms with Crippen LogP contribution in [0.5, 0.6) is 0 Å². The van der Waals surface area contributed by atoms with E-state index in [1.807, 2.05) is 38.3 Å². The van der Waals surface area contributed by atoms with Crippen molar-refractivity contribution in [3.63, 3.8) is 0 Å². The monoisotopic (exact) mass is 152 g/mol. The van der Waals surface area contributed by atoms with Crippen LogP contribution in [0, 0.1) is 0 Å². The predicted molar refractivity (Wildman–Crippen MR) is 50.2 cm³/mol. The second-order valence-corrected chi connectivity index (χ2v) is 2.08. The van der Waals surface area contributed by atoms with Crippen molar-refractivity contribution < 1.29 is 0 Å². The van der Waals surface area contributed by atoms with Crippen molar-refractivity contribution in [1.82, 2.24) is 10.9 Å². The van der Waals surface area contributed by atoms with Crippen LogP contribution in [0.1, 0.15) is 6.92 Å². The highest BCUT2D eigenvalue weighted by molar-refractivity contribution is 5.22. The first-order chi connectivity index (χ1) is 5.35. The molecule has 62 valence electrons. The summed E-state index contributed by atoms with van der Waals surface area (Å²) in [5.74, 6) is 0. The molecule has 0 atom stereocenters. The van der Waals surface area contributed by atoms with Gasteiger partial charge in [-0.1, -0.05) is 30.9 Å². The van der Waals surface area contributed by atoms with E-state index in [2.05, 4.69) is 17.4 Å². The van der Waals surface area contributed by atoms with Crippen LogP contribution in [0.25, 0.3) is 0 Å². The lowest BCUT2D eigenvalue weighted by Gasteiger charge is -2.01. The van der Waals surface area contributed by atoms with Crippen LogP contribution in [-0.4, -0.2) is 13.6 Å². The maximum atomic E-state index is 3.70. The minimum absolute atomic E-state index is 0.796. The molecule has 0 aliphatic heterocycles. The largest absolute Gasteiger partial charge is 0.261 e. The number of allylic oxidation sites excluding steroid dienone is 3. The molecule has 0 bridgehead atoms. The van der Waals surface area contributed by atoms with E-state index in [9.17, 15) is 0 Å². The van der Waals surface area contributed by atoms with Crippen molar-refractivity contribution in [2.24, 2.45) is 0 Å². The molecule has 2 nitrogen and oxygen atoms in total. The molecule has 0 aromatic heterocycles. The highest BCUT2D eigenvalue weighted by atomic mass is 15.3. The molecule has 0 unspecified atom stereocenters. The number of hydrazine groups is 1. The Morgan fingerprint density at radius 3 is 2.73 bits per heavy atom. The molecule has 11 heavy (non-hydrogen) atoms. The Morgan fingerprint density at radius 2 is 2.27 bits per heavy atom. The molecular weight excluding hydrogens is 136 g/mol. The standard InChI is InChI=1S/C9H16N2/c1-4-6-7-9(5-2)8-11-10-3/h4-7,10-11H,2,8H2,1,3H3/b6-4-,9-7+. The number of hydrogen-bond acceptors (Lipinski definition) is 2. The second kappa shape index (κ2) is 7.25. The highest BCUT2D eigenvalue weighted by Gasteiger charge is 1.85. The SMILES string of the molecule is C=C/C(=C\C=C/C)CNNC. The summed E-state index contributed by atoms with van der Waals surface area (Å²) in [6, 6.07) is 0. The van der Waals surface area contributed by atoms with Crippen LogP contribution in [0.3, 0.4) is 0 Å². The fourth-order valence-corrected chi connectivity index (χ4v) is 0.609. The summed E-state index contributed by atoms with van der Waals surface area (Å²) in [6.45, 7) is 6.48. The lowest BCUT2D eigenvalue weighted by Crippen LogP contribution is -2.28. The van der Waals surface area contributed by atoms with Gasteiger partial charge in [0.05, 0.1) is 0 Å². The van der Waals surface area contributed by atoms with Crippen LogP contribution in [0.4, 0.5) is 0 Å². The lowest BCUT2D eigenvalue weighted by molar-refractivity contribution is 0.638. The average Bonchev–Trinajstić information content (AvgIpc) is 2.05. The Kier molecular flexibility index (Phi) is 6.68. The van der Waals surface area contributed by atoms with E-state index in [0.717, 1.165) is 12.1 Å². The van der Waals surface area contributed by atoms with Crippen molar-refractivity contribution in [2.75, 3.05) is 13.6 Å². The van der Waals surface area contributed by atoms with Gasteiger partial charge in [-0.15, -0.1) is 0 Å². The Balaban J connectivity index is 3.83. The number of nitrogens with one attached hydrogen (secondary N) is 2. The zero-order valence-electron chi connectivity index (χ0n) is 7.22. The molecule has 0 radical (unpaired) electrons. The minimum Gasteiger partial charge on any atom is -0.261 e. The minimum atomic E-state index is 0.796. The maximum absolute atomic E-state index is 3.70. The fraction of sp³-hybridized carbons (Fsp3) is 0.333. The zero-order chi connectivity index (χ0) is 8.53. The molecule has 0 heterocycles. The summed E-state index contributed by atoms with van der Waals surface area (Å²) in [5, 5.41) is 0. The van der Waals surface area contributed by atoms with Gasteiger partial charge in [-0.05, 0) is 19.5 Å². The molecule has 2 N–H and O–H groups in total. The van der Waals surface area contributed by atoms with E-state index in [1.54, 1.807) is 0 Å². The first kappa shape index (κ1) is 10.1. The van der Waals surface area contributed by atoms with Crippen LogP contribution in [0.2, 0.25) is 0 Å². The van der Waals surface area contributed by atoms with Crippen molar-refractivity contribution in [3.8, 4) is 0 Å². The van der Waals surface area contributed by atoms with Gasteiger partial charge in [-0.3, -0.25) is 10.9 Å². The first-order valence-electron chi connectivity index (χ1n) is 3.69. The zero-order valence-corrected chi connectivity index (χ0v) is 7.22. The highest BCUT2D eigenvalue weighted by Crippen LogP contribution is 1.92. The van der Waals surface area contributed by atoms with Crippen LogP contribution >= 0.6 is 0 Å². The number of hydrogen-bond donors (Lipinski definition) is 2. The van der Waals surface area contributed by atoms with E-state index in [0.29, 0.717) is 0 Å². The van der Waals surface area contributed by atoms with Crippen LogP contribution in [0.15, 0.2) is 36.5 Å². The van der Waals surface area contributed by atoms with Gasteiger partial charge in [-0.2, -0.15) is 0 Å². The molecule has 0 saturated carbocycles. The van der Waals surface area contributed by atoms with Crippen LogP contribution in [-0.2, 0) is 0 Å². The van der Waals surface area contributed by atoms with E-state index in [4.69, 9.17) is 0 Å². The molecule has 0 aliphatic rings. The third-order valence-electron chi connectivity index (χ3n) is 1.23. The molecule has 0 saturated heterocycles. The Bertz CT molecular complexity index is 157. The third-order valence-corrected chi connectivity index (χ3v) is 1.23. The summed E-state index contributed by atoms with van der Waals surface area (Å²) >= 11 is 0. The molecule has 2 heteroatoms. The molecular formula is C9H16N2. The average molecular weight is 152 g/mol. The summed E-state index contributed by atoms with van der Waals surface area (Å²) in [7, 11) is 1.84. The van der Waals surface area contributed by atoms with Gasteiger partial charge in [0.1, 0.15) is 0 Å². The first-order valence-corrected chi connectivity index (χ1v) is 3.69. The van der Waals surface area contributed by atoms with E-state index in [1.165, 1.54) is 0 Å². The Labute approximate surface area is 68.7 Å². The fourth-order valence-electron chi connectivity index (χ4n) is 0.609. The van der Waals surface area contributed by atoms with Crippen molar-refractivity contribution in [1.29, 1.82) is 0 Å². The van der Waals surface area contributed by atoms with Gasteiger partial charge in [0.2, 0.25) is 0 Å². The molecule has 0 aromatic carbocycles. The van der Waals surface area contributed by atoms with Gasteiger partial charge >= 0.3 is 0 Å². The van der Waals surface area contributed by atoms with Gasteiger partial charge in [-0.25, -0.2) is 0 Å². The smallest absolute Gasteiger partial charge is 0.0350 e. The maximum Gasteiger partial charge on any atom is 0.0350 e. The van der Waals surface area contributed by atoms with E-state index >= 15 is 0 Å². The number of rotatable bonds is 5. The van der Waals surface area contributed by atoms with Gasteiger partial charge < -0.3 is 0 Å². The van der Waals surface area contributed by atoms with Gasteiger partial charge in [0.15, 0.2) is 0 Å². The molecule has 0 rings (SSSR count). The molecule has 0 aliphatic carbocycles. The summed E-state index contributed by atoms with van der Waals surface area (Å²) in [5.41, 5.74) is 7.00. The Morgan fingerprint density at radius 1 is 1.55 bits per heavy atom. The topological polar surface area (TPSA) is 24.1 Å². The second-order valence-electron chi connectivity index (χ2n) is 2.08. The molecule has 0 aromatic rings. The molecule has 0 fully saturated rings. The van der Waals surface area contributed by atoms with Gasteiger partial charge in [0, 0.05) is 6.54 Å². The summed E-state index contributed by atoms with van der Waals surface area (Å²) in [6.07, 6.45) is 7.85. The van der Waals surface area contributed by atoms with Crippen molar-refractivity contribution >= 4 is 0 Å². The summed E-state index contributed by atoms with van der Waals surface area (Å²) < 4.78 is 0. The van der Waals surface area contributed by atoms with Gasteiger partial charge in [0.25, 0.3) is 0 Å². The van der Waals surface area contributed by atoms with Crippen molar-refractivity contribution in [3.05, 3.63) is 36.5 Å². The Hall–Kier alpha value is -0.860. The third kappa shape index (κ3) is 5.58. The molecule has 0 spiro atoms. The lowest BCUT2D eigenvalue weighted by atomic mass is 10.2. The van der Waals surface area contributed by atoms with Crippen molar-refractivity contribution in [2.45, 2.75) is 6.92 Å². The predicted octanol–water partition coefficient (Wildman–Crippen LogP) is 1.40. The molecule has 0 amide bonds.